The molecule has 0 fully saturated rings. The normalized spacial score (nSPS) is 8.95. The Labute approximate surface area is 129 Å². The molecule has 0 aliphatic heterocycles. The number of amides is 1. The lowest BCUT2D eigenvalue weighted by Crippen LogP contribution is -2.12. The summed E-state index contributed by atoms with van der Waals surface area (Å²) < 4.78 is 0. The zero-order valence-electron chi connectivity index (χ0n) is 12.8. The first-order valence-electron chi connectivity index (χ1n) is 6.45. The SMILES string of the molecule is CC(=O)Nc1c(C)cc(C)c(NC(C#N)=C(C#N)C#N)c1C. The Morgan fingerprint density at radius 2 is 1.45 bits per heavy atom. The third-order valence-electron chi connectivity index (χ3n) is 3.11. The summed E-state index contributed by atoms with van der Waals surface area (Å²) in [4.78, 5) is 11.3. The highest BCUT2D eigenvalue weighted by atomic mass is 16.1. The number of carbonyl (C=O) groups excluding carboxylic acids is 1. The Hall–Kier alpha value is -3.30. The van der Waals surface area contributed by atoms with Crippen LogP contribution < -0.4 is 10.6 Å². The predicted octanol–water partition coefficient (Wildman–Crippen LogP) is 2.81. The van der Waals surface area contributed by atoms with Crippen molar-refractivity contribution in [2.45, 2.75) is 27.7 Å². The Morgan fingerprint density at radius 1 is 0.955 bits per heavy atom. The van der Waals surface area contributed by atoms with E-state index in [1.165, 1.54) is 6.92 Å². The molecular weight excluding hydrogens is 278 g/mol. The van der Waals surface area contributed by atoms with E-state index in [-0.39, 0.29) is 17.2 Å². The minimum absolute atomic E-state index is 0.117. The van der Waals surface area contributed by atoms with Crippen LogP contribution in [0.15, 0.2) is 17.3 Å². The molecule has 22 heavy (non-hydrogen) atoms. The summed E-state index contributed by atoms with van der Waals surface area (Å²) in [6.45, 7) is 6.91. The molecule has 0 unspecified atom stereocenters. The molecule has 0 spiro atoms. The average Bonchev–Trinajstić information content (AvgIpc) is 2.46. The van der Waals surface area contributed by atoms with Crippen LogP contribution in [0.3, 0.4) is 0 Å². The van der Waals surface area contributed by atoms with Crippen molar-refractivity contribution in [1.29, 1.82) is 15.8 Å². The molecule has 110 valence electrons. The van der Waals surface area contributed by atoms with Crippen LogP contribution in [0, 0.1) is 54.8 Å². The number of allylic oxidation sites excluding steroid dienone is 2. The number of aryl methyl sites for hydroxylation is 2. The summed E-state index contributed by atoms with van der Waals surface area (Å²) in [7, 11) is 0. The fourth-order valence-electron chi connectivity index (χ4n) is 2.15. The second kappa shape index (κ2) is 6.92. The van der Waals surface area contributed by atoms with E-state index >= 15 is 0 Å². The van der Waals surface area contributed by atoms with Crippen molar-refractivity contribution in [1.82, 2.24) is 0 Å². The Balaban J connectivity index is 3.48. The zero-order chi connectivity index (χ0) is 16.9. The number of benzene rings is 1. The Kier molecular flexibility index (Phi) is 5.27. The van der Waals surface area contributed by atoms with E-state index in [2.05, 4.69) is 10.6 Å². The summed E-state index contributed by atoms with van der Waals surface area (Å²) in [5.41, 5.74) is 3.29. The zero-order valence-corrected chi connectivity index (χ0v) is 12.8. The van der Waals surface area contributed by atoms with Gasteiger partial charge in [-0.15, -0.1) is 0 Å². The van der Waals surface area contributed by atoms with Gasteiger partial charge in [0.05, 0.1) is 0 Å². The number of rotatable bonds is 3. The number of hydrogen-bond donors (Lipinski definition) is 2. The topological polar surface area (TPSA) is 112 Å². The highest BCUT2D eigenvalue weighted by molar-refractivity contribution is 5.92. The second-order valence-corrected chi connectivity index (χ2v) is 4.78. The quantitative estimate of drug-likeness (QED) is 0.832. The summed E-state index contributed by atoms with van der Waals surface area (Å²) in [6, 6.07) is 7.04. The van der Waals surface area contributed by atoms with Crippen molar-refractivity contribution in [2.24, 2.45) is 0 Å². The van der Waals surface area contributed by atoms with Crippen LogP contribution in [0.25, 0.3) is 0 Å². The largest absolute Gasteiger partial charge is 0.345 e. The summed E-state index contributed by atoms with van der Waals surface area (Å²) >= 11 is 0. The van der Waals surface area contributed by atoms with Gasteiger partial charge in [0, 0.05) is 18.3 Å². The highest BCUT2D eigenvalue weighted by Crippen LogP contribution is 2.32. The molecule has 0 heterocycles. The standard InChI is InChI=1S/C16H15N5O/c1-9-5-10(2)16(11(3)15(9)20-12(4)22)21-14(8-19)13(6-17)7-18/h5,21H,1-4H3,(H,20,22). The van der Waals surface area contributed by atoms with Gasteiger partial charge >= 0.3 is 0 Å². The number of hydrogen-bond acceptors (Lipinski definition) is 5. The average molecular weight is 293 g/mol. The Bertz CT molecular complexity index is 769. The van der Waals surface area contributed by atoms with Crippen LogP contribution in [0.4, 0.5) is 11.4 Å². The van der Waals surface area contributed by atoms with E-state index in [9.17, 15) is 4.79 Å². The number of nitrogens with one attached hydrogen (secondary N) is 2. The molecule has 1 amide bonds. The maximum absolute atomic E-state index is 11.3. The molecule has 6 heteroatoms. The molecule has 0 radical (unpaired) electrons. The van der Waals surface area contributed by atoms with Crippen molar-refractivity contribution < 1.29 is 4.79 Å². The van der Waals surface area contributed by atoms with Gasteiger partial charge in [0.15, 0.2) is 5.57 Å². The van der Waals surface area contributed by atoms with Gasteiger partial charge in [-0.25, -0.2) is 0 Å². The Morgan fingerprint density at radius 3 is 1.86 bits per heavy atom. The van der Waals surface area contributed by atoms with Crippen LogP contribution in [0.5, 0.6) is 0 Å². The number of anilines is 2. The fraction of sp³-hybridized carbons (Fsp3) is 0.250. The van der Waals surface area contributed by atoms with E-state index in [0.29, 0.717) is 11.4 Å². The minimum Gasteiger partial charge on any atom is -0.345 e. The van der Waals surface area contributed by atoms with Crippen LogP contribution >= 0.6 is 0 Å². The molecule has 1 aromatic carbocycles. The first-order chi connectivity index (χ1) is 10.3. The number of carbonyl (C=O) groups is 1. The summed E-state index contributed by atoms with van der Waals surface area (Å²) in [5.74, 6) is -0.202. The molecule has 0 bridgehead atoms. The molecule has 2 N–H and O–H groups in total. The van der Waals surface area contributed by atoms with Gasteiger partial charge in [-0.2, -0.15) is 15.8 Å². The van der Waals surface area contributed by atoms with E-state index < -0.39 is 0 Å². The van der Waals surface area contributed by atoms with Crippen LogP contribution in [-0.4, -0.2) is 5.91 Å². The first-order valence-corrected chi connectivity index (χ1v) is 6.45. The molecule has 1 rings (SSSR count). The first kappa shape index (κ1) is 16.8. The molecule has 6 nitrogen and oxygen atoms in total. The van der Waals surface area contributed by atoms with Gasteiger partial charge in [-0.05, 0) is 37.5 Å². The number of nitriles is 3. The van der Waals surface area contributed by atoms with Crippen LogP contribution in [0.1, 0.15) is 23.6 Å². The summed E-state index contributed by atoms with van der Waals surface area (Å²) in [5, 5.41) is 32.5. The molecule has 0 aromatic heterocycles. The van der Waals surface area contributed by atoms with Gasteiger partial charge < -0.3 is 10.6 Å². The van der Waals surface area contributed by atoms with Gasteiger partial charge in [0.1, 0.15) is 23.9 Å². The van der Waals surface area contributed by atoms with E-state index in [1.807, 2.05) is 26.0 Å². The van der Waals surface area contributed by atoms with Gasteiger partial charge in [-0.3, -0.25) is 4.79 Å². The molecule has 0 aliphatic carbocycles. The molecule has 0 aliphatic rings. The maximum atomic E-state index is 11.3. The van der Waals surface area contributed by atoms with Gasteiger partial charge in [0.25, 0.3) is 0 Å². The van der Waals surface area contributed by atoms with E-state index in [4.69, 9.17) is 15.8 Å². The lowest BCUT2D eigenvalue weighted by Gasteiger charge is -2.18. The third-order valence-corrected chi connectivity index (χ3v) is 3.11. The fourth-order valence-corrected chi connectivity index (χ4v) is 2.15. The van der Waals surface area contributed by atoms with Crippen molar-refractivity contribution >= 4 is 17.3 Å². The van der Waals surface area contributed by atoms with E-state index in [0.717, 1.165) is 16.7 Å². The lowest BCUT2D eigenvalue weighted by molar-refractivity contribution is -0.114. The minimum atomic E-state index is -0.289. The monoisotopic (exact) mass is 293 g/mol. The molecule has 0 saturated heterocycles. The highest BCUT2D eigenvalue weighted by Gasteiger charge is 2.15. The van der Waals surface area contributed by atoms with Gasteiger partial charge in [-0.1, -0.05) is 6.07 Å². The molecule has 0 atom stereocenters. The van der Waals surface area contributed by atoms with Crippen molar-refractivity contribution in [3.63, 3.8) is 0 Å². The lowest BCUT2D eigenvalue weighted by atomic mass is 10.0. The summed E-state index contributed by atoms with van der Waals surface area (Å²) in [6.07, 6.45) is 0. The van der Waals surface area contributed by atoms with Gasteiger partial charge in [0.2, 0.25) is 5.91 Å². The van der Waals surface area contributed by atoms with E-state index in [1.54, 1.807) is 19.1 Å². The van der Waals surface area contributed by atoms with Crippen LogP contribution in [-0.2, 0) is 4.79 Å². The van der Waals surface area contributed by atoms with Crippen molar-refractivity contribution in [3.05, 3.63) is 34.0 Å². The third kappa shape index (κ3) is 3.42. The smallest absolute Gasteiger partial charge is 0.221 e. The van der Waals surface area contributed by atoms with Crippen molar-refractivity contribution in [3.8, 4) is 18.2 Å². The van der Waals surface area contributed by atoms with Crippen LogP contribution in [0.2, 0.25) is 0 Å². The van der Waals surface area contributed by atoms with Crippen molar-refractivity contribution in [2.75, 3.05) is 10.6 Å². The maximum Gasteiger partial charge on any atom is 0.221 e. The molecule has 0 saturated carbocycles. The predicted molar refractivity (Wildman–Crippen MR) is 82.4 cm³/mol. The number of nitrogens with zero attached hydrogens (tertiary/aromatic N) is 3. The molecule has 1 aromatic rings. The molecular formula is C16H15N5O. The second-order valence-electron chi connectivity index (χ2n) is 4.78.